The number of anilines is 1. The summed E-state index contributed by atoms with van der Waals surface area (Å²) in [4.78, 5) is 32.7. The Bertz CT molecular complexity index is 1670. The topological polar surface area (TPSA) is 107 Å². The van der Waals surface area contributed by atoms with E-state index in [1.165, 1.54) is 0 Å². The van der Waals surface area contributed by atoms with Crippen molar-refractivity contribution < 1.29 is 28.5 Å². The van der Waals surface area contributed by atoms with E-state index in [9.17, 15) is 9.59 Å². The van der Waals surface area contributed by atoms with Gasteiger partial charge in [0.2, 0.25) is 12.7 Å². The molecule has 0 saturated carbocycles. The number of carbonyl (C=O) groups excluding carboxylic acids is 2. The molecule has 2 aliphatic heterocycles. The summed E-state index contributed by atoms with van der Waals surface area (Å²) in [5, 5.41) is 8.91. The van der Waals surface area contributed by atoms with Crippen molar-refractivity contribution in [2.45, 2.75) is 13.5 Å². The van der Waals surface area contributed by atoms with E-state index in [1.54, 1.807) is 36.2 Å². The predicted octanol–water partition coefficient (Wildman–Crippen LogP) is 4.19. The number of amides is 2. The maximum absolute atomic E-state index is 13.6. The van der Waals surface area contributed by atoms with E-state index in [2.05, 4.69) is 15.1 Å². The highest BCUT2D eigenvalue weighted by atomic mass is 16.7. The smallest absolute Gasteiger partial charge is 0.254 e. The molecule has 0 atom stereocenters. The second-order valence-electron chi connectivity index (χ2n) is 10.9. The van der Waals surface area contributed by atoms with E-state index in [0.717, 1.165) is 22.5 Å². The Morgan fingerprint density at radius 2 is 1.62 bits per heavy atom. The molecule has 232 valence electrons. The molecule has 0 spiro atoms. The summed E-state index contributed by atoms with van der Waals surface area (Å²) in [5.74, 6) is 3.07. The Labute approximate surface area is 261 Å². The molecule has 3 heterocycles. The van der Waals surface area contributed by atoms with Crippen LogP contribution >= 0.6 is 0 Å². The van der Waals surface area contributed by atoms with Crippen LogP contribution in [0.3, 0.4) is 0 Å². The molecule has 45 heavy (non-hydrogen) atoms. The lowest BCUT2D eigenvalue weighted by Gasteiger charge is -2.36. The summed E-state index contributed by atoms with van der Waals surface area (Å²) in [6.07, 6.45) is 0. The number of ether oxygens (including phenoxy) is 4. The maximum Gasteiger partial charge on any atom is 0.254 e. The van der Waals surface area contributed by atoms with Gasteiger partial charge in [-0.1, -0.05) is 23.8 Å². The van der Waals surface area contributed by atoms with Crippen molar-refractivity contribution in [1.82, 2.24) is 20.0 Å². The minimum Gasteiger partial charge on any atom is -0.497 e. The third kappa shape index (κ3) is 6.62. The van der Waals surface area contributed by atoms with Crippen LogP contribution in [-0.4, -0.2) is 85.5 Å². The van der Waals surface area contributed by atoms with E-state index < -0.39 is 0 Å². The zero-order valence-electron chi connectivity index (χ0n) is 25.6. The number of benzene rings is 3. The zero-order chi connectivity index (χ0) is 31.3. The van der Waals surface area contributed by atoms with Crippen molar-refractivity contribution in [1.29, 1.82) is 0 Å². The summed E-state index contributed by atoms with van der Waals surface area (Å²) < 4.78 is 21.8. The number of carbonyl (C=O) groups is 2. The molecule has 1 aromatic heterocycles. The van der Waals surface area contributed by atoms with E-state index in [0.29, 0.717) is 60.4 Å². The Balaban J connectivity index is 1.11. The van der Waals surface area contributed by atoms with E-state index in [1.807, 2.05) is 67.6 Å². The largest absolute Gasteiger partial charge is 0.497 e. The van der Waals surface area contributed by atoms with Crippen molar-refractivity contribution in [3.8, 4) is 34.3 Å². The Hall–Kier alpha value is -5.32. The van der Waals surface area contributed by atoms with Crippen LogP contribution in [0.1, 0.15) is 21.5 Å². The number of fused-ring (bicyclic) bond motifs is 1. The molecule has 2 amide bonds. The number of nitrogens with zero attached hydrogens (tertiary/aromatic N) is 5. The summed E-state index contributed by atoms with van der Waals surface area (Å²) in [5.41, 5.74) is 3.95. The van der Waals surface area contributed by atoms with Gasteiger partial charge in [0.15, 0.2) is 17.3 Å². The predicted molar refractivity (Wildman–Crippen MR) is 168 cm³/mol. The molecule has 2 aliphatic rings. The Kier molecular flexibility index (Phi) is 8.68. The molecule has 0 radical (unpaired) electrons. The third-order valence-electron chi connectivity index (χ3n) is 8.01. The van der Waals surface area contributed by atoms with Gasteiger partial charge in [0.25, 0.3) is 5.91 Å². The second kappa shape index (κ2) is 13.1. The normalized spacial score (nSPS) is 13.8. The van der Waals surface area contributed by atoms with Crippen LogP contribution in [0.2, 0.25) is 0 Å². The molecule has 3 aromatic carbocycles. The molecular weight excluding hydrogens is 574 g/mol. The quantitative estimate of drug-likeness (QED) is 0.276. The van der Waals surface area contributed by atoms with Crippen LogP contribution in [0.4, 0.5) is 5.82 Å². The summed E-state index contributed by atoms with van der Waals surface area (Å²) in [6, 6.07) is 22.4. The first kappa shape index (κ1) is 29.7. The standard InChI is InChI=1S/C34H35N5O6/c1-23-4-7-25(8-5-23)34(41)39(20-24-6-12-29-31(18-24)45-22-44-29)21-33(40)38-16-14-37(15-17-38)32-13-11-28(35-36-32)27-10-9-26(42-2)19-30(27)43-3/h4-13,18-19H,14-17,20-22H2,1-3H3. The summed E-state index contributed by atoms with van der Waals surface area (Å²) >= 11 is 0. The molecule has 11 heteroatoms. The highest BCUT2D eigenvalue weighted by Crippen LogP contribution is 2.34. The molecule has 0 N–H and O–H groups in total. The average molecular weight is 610 g/mol. The van der Waals surface area contributed by atoms with Gasteiger partial charge in [-0.2, -0.15) is 0 Å². The molecule has 4 aromatic rings. The average Bonchev–Trinajstić information content (AvgIpc) is 3.56. The van der Waals surface area contributed by atoms with Crippen molar-refractivity contribution in [2.24, 2.45) is 0 Å². The summed E-state index contributed by atoms with van der Waals surface area (Å²) in [6.45, 7) is 4.56. The van der Waals surface area contributed by atoms with Gasteiger partial charge in [-0.15, -0.1) is 10.2 Å². The fraction of sp³-hybridized carbons (Fsp3) is 0.294. The molecule has 11 nitrogen and oxygen atoms in total. The van der Waals surface area contributed by atoms with E-state index >= 15 is 0 Å². The lowest BCUT2D eigenvalue weighted by atomic mass is 10.1. The first-order valence-electron chi connectivity index (χ1n) is 14.7. The number of rotatable bonds is 9. The van der Waals surface area contributed by atoms with Crippen molar-refractivity contribution in [3.05, 3.63) is 89.5 Å². The van der Waals surface area contributed by atoms with Crippen LogP contribution in [0.5, 0.6) is 23.0 Å². The first-order valence-corrected chi connectivity index (χ1v) is 14.7. The molecule has 0 bridgehead atoms. The number of hydrogen-bond acceptors (Lipinski definition) is 9. The number of aryl methyl sites for hydroxylation is 1. The van der Waals surface area contributed by atoms with Crippen LogP contribution < -0.4 is 23.8 Å². The highest BCUT2D eigenvalue weighted by Gasteiger charge is 2.27. The maximum atomic E-state index is 13.6. The van der Waals surface area contributed by atoms with Gasteiger partial charge in [0, 0.05) is 49.9 Å². The molecule has 1 fully saturated rings. The van der Waals surface area contributed by atoms with Gasteiger partial charge in [0.1, 0.15) is 18.0 Å². The number of aromatic nitrogens is 2. The summed E-state index contributed by atoms with van der Waals surface area (Å²) in [7, 11) is 3.22. The van der Waals surface area contributed by atoms with E-state index in [-0.39, 0.29) is 31.7 Å². The third-order valence-corrected chi connectivity index (χ3v) is 8.01. The lowest BCUT2D eigenvalue weighted by molar-refractivity contribution is -0.132. The van der Waals surface area contributed by atoms with Crippen molar-refractivity contribution in [2.75, 3.05) is 58.6 Å². The number of hydrogen-bond donors (Lipinski definition) is 0. The Morgan fingerprint density at radius 3 is 2.33 bits per heavy atom. The van der Waals surface area contributed by atoms with Gasteiger partial charge in [0.05, 0.1) is 19.9 Å². The van der Waals surface area contributed by atoms with Crippen LogP contribution in [0.15, 0.2) is 72.8 Å². The lowest BCUT2D eigenvalue weighted by Crippen LogP contribution is -2.52. The molecule has 6 rings (SSSR count). The minimum absolute atomic E-state index is 0.0423. The molecular formula is C34H35N5O6. The van der Waals surface area contributed by atoms with Crippen LogP contribution in [0, 0.1) is 6.92 Å². The van der Waals surface area contributed by atoms with Gasteiger partial charge in [-0.25, -0.2) is 0 Å². The van der Waals surface area contributed by atoms with Gasteiger partial charge >= 0.3 is 0 Å². The van der Waals surface area contributed by atoms with Crippen LogP contribution in [0.25, 0.3) is 11.3 Å². The monoisotopic (exact) mass is 609 g/mol. The zero-order valence-corrected chi connectivity index (χ0v) is 25.6. The fourth-order valence-corrected chi connectivity index (χ4v) is 5.43. The fourth-order valence-electron chi connectivity index (χ4n) is 5.43. The minimum atomic E-state index is -0.205. The Morgan fingerprint density at radius 1 is 0.844 bits per heavy atom. The highest BCUT2D eigenvalue weighted by molar-refractivity contribution is 5.96. The SMILES string of the molecule is COc1ccc(-c2ccc(N3CCN(C(=O)CN(Cc4ccc5c(c4)OCO5)C(=O)c4ccc(C)cc4)CC3)nn2)c(OC)c1. The van der Waals surface area contributed by atoms with Gasteiger partial charge in [-0.05, 0) is 61.0 Å². The van der Waals surface area contributed by atoms with Crippen molar-refractivity contribution in [3.63, 3.8) is 0 Å². The number of methoxy groups -OCH3 is 2. The van der Waals surface area contributed by atoms with Crippen molar-refractivity contribution >= 4 is 17.6 Å². The molecule has 0 aliphatic carbocycles. The number of piperazine rings is 1. The molecule has 0 unspecified atom stereocenters. The van der Waals surface area contributed by atoms with E-state index in [4.69, 9.17) is 18.9 Å². The first-order chi connectivity index (χ1) is 21.9. The van der Waals surface area contributed by atoms with Crippen LogP contribution in [-0.2, 0) is 11.3 Å². The van der Waals surface area contributed by atoms with Gasteiger partial charge < -0.3 is 33.6 Å². The second-order valence-corrected chi connectivity index (χ2v) is 10.9. The van der Waals surface area contributed by atoms with Gasteiger partial charge in [-0.3, -0.25) is 9.59 Å². The molecule has 1 saturated heterocycles.